The molecule has 0 amide bonds. The smallest absolute Gasteiger partial charge is 0.225 e. The molecule has 6 nitrogen and oxygen atoms in total. The van der Waals surface area contributed by atoms with Crippen LogP contribution in [0.5, 0.6) is 0 Å². The maximum atomic E-state index is 6.13. The molecule has 2 N–H and O–H groups in total. The predicted octanol–water partition coefficient (Wildman–Crippen LogP) is 1.48. The first-order chi connectivity index (χ1) is 10.7. The van der Waals surface area contributed by atoms with Gasteiger partial charge in [0.2, 0.25) is 5.95 Å². The van der Waals surface area contributed by atoms with E-state index in [1.807, 2.05) is 6.07 Å². The summed E-state index contributed by atoms with van der Waals surface area (Å²) >= 11 is 1.73. The van der Waals surface area contributed by atoms with Crippen molar-refractivity contribution in [3.05, 3.63) is 40.3 Å². The third kappa shape index (κ3) is 3.36. The zero-order chi connectivity index (χ0) is 15.4. The Morgan fingerprint density at radius 1 is 1.27 bits per heavy atom. The van der Waals surface area contributed by atoms with Gasteiger partial charge in [0.15, 0.2) is 5.96 Å². The van der Waals surface area contributed by atoms with Crippen LogP contribution in [0.25, 0.3) is 0 Å². The molecule has 0 aliphatic carbocycles. The van der Waals surface area contributed by atoms with Crippen molar-refractivity contribution in [1.82, 2.24) is 14.9 Å². The molecule has 0 saturated carbocycles. The summed E-state index contributed by atoms with van der Waals surface area (Å²) < 4.78 is 0. The number of rotatable bonds is 3. The SMILES string of the molecule is Cc1ccsc1CN=C(N)N1CCN(c2ncccn2)CC1. The zero-order valence-electron chi connectivity index (χ0n) is 12.6. The number of thiophene rings is 1. The van der Waals surface area contributed by atoms with E-state index in [1.165, 1.54) is 10.4 Å². The Morgan fingerprint density at radius 2 is 2.00 bits per heavy atom. The summed E-state index contributed by atoms with van der Waals surface area (Å²) in [4.78, 5) is 18.7. The Labute approximate surface area is 134 Å². The molecule has 1 aliphatic heterocycles. The summed E-state index contributed by atoms with van der Waals surface area (Å²) in [6.45, 7) is 6.18. The molecule has 1 fully saturated rings. The molecule has 1 aliphatic rings. The van der Waals surface area contributed by atoms with Crippen LogP contribution in [0.3, 0.4) is 0 Å². The molecular weight excluding hydrogens is 296 g/mol. The highest BCUT2D eigenvalue weighted by atomic mass is 32.1. The highest BCUT2D eigenvalue weighted by Gasteiger charge is 2.19. The zero-order valence-corrected chi connectivity index (χ0v) is 13.5. The fourth-order valence-corrected chi connectivity index (χ4v) is 3.24. The molecule has 0 aromatic carbocycles. The molecule has 1 saturated heterocycles. The summed E-state index contributed by atoms with van der Waals surface area (Å²) in [5.41, 5.74) is 7.41. The minimum atomic E-state index is 0.626. The van der Waals surface area contributed by atoms with E-state index in [0.717, 1.165) is 32.1 Å². The number of aryl methyl sites for hydroxylation is 1. The van der Waals surface area contributed by atoms with Crippen LogP contribution in [-0.2, 0) is 6.54 Å². The molecular formula is C15H20N6S. The first-order valence-electron chi connectivity index (χ1n) is 7.34. The van der Waals surface area contributed by atoms with E-state index in [-0.39, 0.29) is 0 Å². The van der Waals surface area contributed by atoms with E-state index in [4.69, 9.17) is 5.73 Å². The first kappa shape index (κ1) is 14.8. The van der Waals surface area contributed by atoms with Crippen molar-refractivity contribution >= 4 is 23.2 Å². The summed E-state index contributed by atoms with van der Waals surface area (Å²) in [7, 11) is 0. The van der Waals surface area contributed by atoms with Crippen molar-refractivity contribution in [2.45, 2.75) is 13.5 Å². The monoisotopic (exact) mass is 316 g/mol. The molecule has 22 heavy (non-hydrogen) atoms. The molecule has 7 heteroatoms. The quantitative estimate of drug-likeness (QED) is 0.686. The molecule has 0 bridgehead atoms. The van der Waals surface area contributed by atoms with Gasteiger partial charge in [-0.2, -0.15) is 0 Å². The Morgan fingerprint density at radius 3 is 2.64 bits per heavy atom. The van der Waals surface area contributed by atoms with Crippen LogP contribution in [0, 0.1) is 6.92 Å². The first-order valence-corrected chi connectivity index (χ1v) is 8.22. The highest BCUT2D eigenvalue weighted by molar-refractivity contribution is 7.10. The number of hydrogen-bond donors (Lipinski definition) is 1. The van der Waals surface area contributed by atoms with Crippen molar-refractivity contribution in [3.8, 4) is 0 Å². The van der Waals surface area contributed by atoms with Gasteiger partial charge < -0.3 is 15.5 Å². The van der Waals surface area contributed by atoms with Crippen molar-refractivity contribution in [2.24, 2.45) is 10.7 Å². The molecule has 116 valence electrons. The Bertz CT molecular complexity index is 630. The predicted molar refractivity (Wildman–Crippen MR) is 90.2 cm³/mol. The van der Waals surface area contributed by atoms with Crippen molar-refractivity contribution in [2.75, 3.05) is 31.1 Å². The van der Waals surface area contributed by atoms with Gasteiger partial charge >= 0.3 is 0 Å². The third-order valence-corrected chi connectivity index (χ3v) is 4.80. The van der Waals surface area contributed by atoms with Crippen LogP contribution in [0.4, 0.5) is 5.95 Å². The Kier molecular flexibility index (Phi) is 4.53. The number of nitrogens with zero attached hydrogens (tertiary/aromatic N) is 5. The molecule has 2 aromatic rings. The molecule has 3 heterocycles. The number of aromatic nitrogens is 2. The molecule has 0 atom stereocenters. The lowest BCUT2D eigenvalue weighted by atomic mass is 10.3. The van der Waals surface area contributed by atoms with Crippen LogP contribution in [0.1, 0.15) is 10.4 Å². The van der Waals surface area contributed by atoms with Gasteiger partial charge in [-0.3, -0.25) is 0 Å². The Balaban J connectivity index is 1.55. The second-order valence-electron chi connectivity index (χ2n) is 5.22. The van der Waals surface area contributed by atoms with Gasteiger partial charge in [0.1, 0.15) is 0 Å². The number of nitrogens with two attached hydrogens (primary N) is 1. The summed E-state index contributed by atoms with van der Waals surface area (Å²) in [6, 6.07) is 3.95. The number of anilines is 1. The maximum Gasteiger partial charge on any atom is 0.225 e. The lowest BCUT2D eigenvalue weighted by molar-refractivity contribution is 0.378. The summed E-state index contributed by atoms with van der Waals surface area (Å²) in [6.07, 6.45) is 3.54. The molecule has 0 unspecified atom stereocenters. The molecule has 0 spiro atoms. The van der Waals surface area contributed by atoms with Gasteiger partial charge in [0.25, 0.3) is 0 Å². The van der Waals surface area contributed by atoms with Crippen LogP contribution in [0.2, 0.25) is 0 Å². The average molecular weight is 316 g/mol. The minimum Gasteiger partial charge on any atom is -0.370 e. The normalized spacial score (nSPS) is 16.1. The van der Waals surface area contributed by atoms with Crippen LogP contribution in [-0.4, -0.2) is 47.0 Å². The fourth-order valence-electron chi connectivity index (χ4n) is 2.41. The number of hydrogen-bond acceptors (Lipinski definition) is 5. The van der Waals surface area contributed by atoms with Crippen molar-refractivity contribution < 1.29 is 0 Å². The van der Waals surface area contributed by atoms with E-state index in [2.05, 4.69) is 43.1 Å². The number of guanidine groups is 1. The third-order valence-electron chi connectivity index (χ3n) is 3.79. The maximum absolute atomic E-state index is 6.13. The summed E-state index contributed by atoms with van der Waals surface area (Å²) in [5, 5.41) is 2.09. The minimum absolute atomic E-state index is 0.626. The van der Waals surface area contributed by atoms with E-state index in [0.29, 0.717) is 12.5 Å². The Hall–Kier alpha value is -2.15. The number of piperazine rings is 1. The van der Waals surface area contributed by atoms with Gasteiger partial charge in [0.05, 0.1) is 6.54 Å². The fraction of sp³-hybridized carbons (Fsp3) is 0.400. The van der Waals surface area contributed by atoms with Crippen molar-refractivity contribution in [1.29, 1.82) is 0 Å². The standard InChI is InChI=1S/C15H20N6S/c1-12-3-10-22-13(12)11-19-14(16)20-6-8-21(9-7-20)15-17-4-2-5-18-15/h2-5,10H,6-9,11H2,1H3,(H2,16,19). The topological polar surface area (TPSA) is 70.6 Å². The van der Waals surface area contributed by atoms with Gasteiger partial charge in [0, 0.05) is 43.4 Å². The van der Waals surface area contributed by atoms with Gasteiger partial charge in [-0.15, -0.1) is 11.3 Å². The van der Waals surface area contributed by atoms with E-state index < -0.39 is 0 Å². The van der Waals surface area contributed by atoms with Crippen molar-refractivity contribution in [3.63, 3.8) is 0 Å². The summed E-state index contributed by atoms with van der Waals surface area (Å²) in [5.74, 6) is 1.41. The lowest BCUT2D eigenvalue weighted by Crippen LogP contribution is -2.51. The number of aliphatic imine (C=N–C) groups is 1. The molecule has 0 radical (unpaired) electrons. The van der Waals surface area contributed by atoms with Crippen LogP contribution in [0.15, 0.2) is 34.9 Å². The lowest BCUT2D eigenvalue weighted by Gasteiger charge is -2.35. The van der Waals surface area contributed by atoms with Crippen LogP contribution >= 0.6 is 11.3 Å². The molecule has 2 aromatic heterocycles. The van der Waals surface area contributed by atoms with Gasteiger partial charge in [-0.05, 0) is 30.0 Å². The van der Waals surface area contributed by atoms with E-state index >= 15 is 0 Å². The second-order valence-corrected chi connectivity index (χ2v) is 6.22. The largest absolute Gasteiger partial charge is 0.370 e. The second kappa shape index (κ2) is 6.74. The highest BCUT2D eigenvalue weighted by Crippen LogP contribution is 2.16. The average Bonchev–Trinajstić information content (AvgIpc) is 2.99. The van der Waals surface area contributed by atoms with Crippen LogP contribution < -0.4 is 10.6 Å². The molecule has 3 rings (SSSR count). The van der Waals surface area contributed by atoms with E-state index in [9.17, 15) is 0 Å². The van der Waals surface area contributed by atoms with E-state index in [1.54, 1.807) is 23.7 Å². The van der Waals surface area contributed by atoms with Gasteiger partial charge in [-0.25, -0.2) is 15.0 Å². The van der Waals surface area contributed by atoms with Gasteiger partial charge in [-0.1, -0.05) is 0 Å².